The molecule has 1 heterocycles. The monoisotopic (exact) mass is 380 g/mol. The minimum atomic E-state index is -0.00259. The number of carbonyl (C=O) groups excluding carboxylic acids is 1. The van der Waals surface area contributed by atoms with Gasteiger partial charge in [0.15, 0.2) is 0 Å². The van der Waals surface area contributed by atoms with E-state index in [4.69, 9.17) is 11.6 Å². The molecular weight excluding hydrogens is 364 g/mol. The zero-order valence-corrected chi connectivity index (χ0v) is 15.6. The molecule has 1 aliphatic heterocycles. The van der Waals surface area contributed by atoms with Crippen molar-refractivity contribution >= 4 is 40.6 Å². The number of nitrogens with zero attached hydrogens (tertiary/aromatic N) is 1. The van der Waals surface area contributed by atoms with Crippen LogP contribution in [0.3, 0.4) is 0 Å². The van der Waals surface area contributed by atoms with E-state index in [-0.39, 0.29) is 12.5 Å². The SMILES string of the molecule is O=C(CNCc1ccccc1)N1c2ccccc2Sc2ccc(Cl)cc21. The molecular formula is C21H17ClN2OS. The molecule has 130 valence electrons. The van der Waals surface area contributed by atoms with E-state index in [1.807, 2.05) is 72.8 Å². The molecule has 0 unspecified atom stereocenters. The number of rotatable bonds is 4. The molecule has 0 fully saturated rings. The van der Waals surface area contributed by atoms with Crippen LogP contribution in [-0.4, -0.2) is 12.5 Å². The quantitative estimate of drug-likeness (QED) is 0.670. The van der Waals surface area contributed by atoms with Crippen LogP contribution in [0.4, 0.5) is 11.4 Å². The van der Waals surface area contributed by atoms with Crippen LogP contribution in [0.2, 0.25) is 5.02 Å². The fraction of sp³-hybridized carbons (Fsp3) is 0.0952. The summed E-state index contributed by atoms with van der Waals surface area (Å²) in [6, 6.07) is 23.7. The van der Waals surface area contributed by atoms with E-state index in [0.29, 0.717) is 11.6 Å². The highest BCUT2D eigenvalue weighted by Gasteiger charge is 2.27. The Kier molecular flexibility index (Phi) is 4.98. The van der Waals surface area contributed by atoms with E-state index in [1.54, 1.807) is 16.7 Å². The molecule has 4 rings (SSSR count). The van der Waals surface area contributed by atoms with Gasteiger partial charge in [-0.25, -0.2) is 0 Å². The number of hydrogen-bond donors (Lipinski definition) is 1. The molecule has 3 aromatic rings. The number of benzene rings is 3. The van der Waals surface area contributed by atoms with Gasteiger partial charge in [0.2, 0.25) is 5.91 Å². The van der Waals surface area contributed by atoms with Crippen molar-refractivity contribution in [1.82, 2.24) is 5.32 Å². The molecule has 3 aromatic carbocycles. The first kappa shape index (κ1) is 17.2. The van der Waals surface area contributed by atoms with Crippen molar-refractivity contribution in [2.75, 3.05) is 11.4 Å². The van der Waals surface area contributed by atoms with E-state index in [0.717, 1.165) is 26.7 Å². The molecule has 0 radical (unpaired) electrons. The fourth-order valence-corrected chi connectivity index (χ4v) is 4.19. The summed E-state index contributed by atoms with van der Waals surface area (Å²) in [5.74, 6) is -0.00259. The minimum Gasteiger partial charge on any atom is -0.304 e. The number of amides is 1. The molecule has 0 aromatic heterocycles. The van der Waals surface area contributed by atoms with Crippen molar-refractivity contribution in [3.05, 3.63) is 83.4 Å². The molecule has 1 N–H and O–H groups in total. The lowest BCUT2D eigenvalue weighted by atomic mass is 10.2. The van der Waals surface area contributed by atoms with Gasteiger partial charge in [-0.3, -0.25) is 9.69 Å². The molecule has 0 saturated heterocycles. The first-order valence-electron chi connectivity index (χ1n) is 8.36. The summed E-state index contributed by atoms with van der Waals surface area (Å²) in [5, 5.41) is 3.87. The van der Waals surface area contributed by atoms with Crippen molar-refractivity contribution in [3.8, 4) is 0 Å². The Balaban J connectivity index is 1.58. The Bertz CT molecular complexity index is 946. The third kappa shape index (κ3) is 3.49. The summed E-state index contributed by atoms with van der Waals surface area (Å²) < 4.78 is 0. The summed E-state index contributed by atoms with van der Waals surface area (Å²) in [6.45, 7) is 0.902. The highest BCUT2D eigenvalue weighted by Crippen LogP contribution is 2.48. The lowest BCUT2D eigenvalue weighted by molar-refractivity contribution is -0.117. The average Bonchev–Trinajstić information content (AvgIpc) is 2.67. The lowest BCUT2D eigenvalue weighted by Gasteiger charge is -2.31. The van der Waals surface area contributed by atoms with Gasteiger partial charge in [-0.1, -0.05) is 65.8 Å². The van der Waals surface area contributed by atoms with Crippen LogP contribution in [0, 0.1) is 0 Å². The number of anilines is 2. The van der Waals surface area contributed by atoms with Crippen LogP contribution >= 0.6 is 23.4 Å². The van der Waals surface area contributed by atoms with Gasteiger partial charge in [-0.05, 0) is 35.9 Å². The first-order chi connectivity index (χ1) is 12.7. The van der Waals surface area contributed by atoms with Crippen molar-refractivity contribution in [2.45, 2.75) is 16.3 Å². The van der Waals surface area contributed by atoms with E-state index in [2.05, 4.69) is 5.32 Å². The molecule has 1 aliphatic rings. The lowest BCUT2D eigenvalue weighted by Crippen LogP contribution is -2.36. The summed E-state index contributed by atoms with van der Waals surface area (Å²) in [5.41, 5.74) is 2.89. The van der Waals surface area contributed by atoms with Gasteiger partial charge in [-0.2, -0.15) is 0 Å². The summed E-state index contributed by atoms with van der Waals surface area (Å²) in [7, 11) is 0. The number of para-hydroxylation sites is 1. The summed E-state index contributed by atoms with van der Waals surface area (Å²) in [6.07, 6.45) is 0. The van der Waals surface area contributed by atoms with E-state index >= 15 is 0 Å². The third-order valence-electron chi connectivity index (χ3n) is 4.19. The Labute approximate surface area is 162 Å². The topological polar surface area (TPSA) is 32.3 Å². The normalized spacial score (nSPS) is 12.4. The van der Waals surface area contributed by atoms with Crippen LogP contribution in [-0.2, 0) is 11.3 Å². The van der Waals surface area contributed by atoms with Gasteiger partial charge in [0, 0.05) is 21.4 Å². The van der Waals surface area contributed by atoms with Gasteiger partial charge in [0.05, 0.1) is 17.9 Å². The van der Waals surface area contributed by atoms with Gasteiger partial charge in [0.25, 0.3) is 0 Å². The van der Waals surface area contributed by atoms with Crippen LogP contribution in [0.5, 0.6) is 0 Å². The zero-order chi connectivity index (χ0) is 17.9. The standard InChI is InChI=1S/C21H17ClN2OS/c22-16-10-11-20-18(12-16)24(17-8-4-5-9-19(17)26-20)21(25)14-23-13-15-6-2-1-3-7-15/h1-12,23H,13-14H2. The van der Waals surface area contributed by atoms with Crippen LogP contribution < -0.4 is 10.2 Å². The fourth-order valence-electron chi connectivity index (χ4n) is 2.99. The second-order valence-electron chi connectivity index (χ2n) is 6.00. The Morgan fingerprint density at radius 3 is 2.50 bits per heavy atom. The molecule has 0 bridgehead atoms. The summed E-state index contributed by atoms with van der Waals surface area (Å²) >= 11 is 7.86. The largest absolute Gasteiger partial charge is 0.304 e. The Hall–Kier alpha value is -2.27. The molecule has 0 spiro atoms. The Morgan fingerprint density at radius 1 is 0.923 bits per heavy atom. The van der Waals surface area contributed by atoms with Gasteiger partial charge in [-0.15, -0.1) is 0 Å². The van der Waals surface area contributed by atoms with Gasteiger partial charge >= 0.3 is 0 Å². The highest BCUT2D eigenvalue weighted by atomic mass is 35.5. The molecule has 0 aliphatic carbocycles. The number of halogens is 1. The molecule has 1 amide bonds. The van der Waals surface area contributed by atoms with Crippen molar-refractivity contribution in [2.24, 2.45) is 0 Å². The number of carbonyl (C=O) groups is 1. The van der Waals surface area contributed by atoms with Crippen LogP contribution in [0.25, 0.3) is 0 Å². The van der Waals surface area contributed by atoms with Crippen molar-refractivity contribution in [1.29, 1.82) is 0 Å². The number of fused-ring (bicyclic) bond motifs is 2. The Morgan fingerprint density at radius 2 is 1.65 bits per heavy atom. The minimum absolute atomic E-state index is 0.00259. The van der Waals surface area contributed by atoms with Crippen molar-refractivity contribution < 1.29 is 4.79 Å². The van der Waals surface area contributed by atoms with Gasteiger partial charge < -0.3 is 5.32 Å². The molecule has 0 saturated carbocycles. The van der Waals surface area contributed by atoms with Gasteiger partial charge in [0.1, 0.15) is 0 Å². The van der Waals surface area contributed by atoms with Crippen LogP contribution in [0.1, 0.15) is 5.56 Å². The van der Waals surface area contributed by atoms with Crippen molar-refractivity contribution in [3.63, 3.8) is 0 Å². The maximum atomic E-state index is 13.0. The average molecular weight is 381 g/mol. The maximum absolute atomic E-state index is 13.0. The predicted molar refractivity (Wildman–Crippen MR) is 107 cm³/mol. The number of hydrogen-bond acceptors (Lipinski definition) is 3. The van der Waals surface area contributed by atoms with E-state index < -0.39 is 0 Å². The van der Waals surface area contributed by atoms with E-state index in [1.165, 1.54) is 0 Å². The molecule has 5 heteroatoms. The molecule has 3 nitrogen and oxygen atoms in total. The van der Waals surface area contributed by atoms with E-state index in [9.17, 15) is 4.79 Å². The third-order valence-corrected chi connectivity index (χ3v) is 5.55. The second kappa shape index (κ2) is 7.54. The first-order valence-corrected chi connectivity index (χ1v) is 9.56. The zero-order valence-electron chi connectivity index (χ0n) is 14.0. The highest BCUT2D eigenvalue weighted by molar-refractivity contribution is 7.99. The van der Waals surface area contributed by atoms with Crippen LogP contribution in [0.15, 0.2) is 82.6 Å². The summed E-state index contributed by atoms with van der Waals surface area (Å²) in [4.78, 5) is 16.9. The number of nitrogens with one attached hydrogen (secondary N) is 1. The smallest absolute Gasteiger partial charge is 0.245 e. The maximum Gasteiger partial charge on any atom is 0.245 e. The predicted octanol–water partition coefficient (Wildman–Crippen LogP) is 5.26. The molecule has 0 atom stereocenters. The molecule has 26 heavy (non-hydrogen) atoms. The second-order valence-corrected chi connectivity index (χ2v) is 7.52.